The summed E-state index contributed by atoms with van der Waals surface area (Å²) in [6.07, 6.45) is 5.04. The number of aliphatic hydroxyl groups excluding tert-OH is 1. The fraction of sp³-hybridized carbons (Fsp3) is 0.545. The quantitative estimate of drug-likeness (QED) is 0.800. The van der Waals surface area contributed by atoms with Crippen LogP contribution in [0.2, 0.25) is 0 Å². The van der Waals surface area contributed by atoms with Crippen molar-refractivity contribution in [2.24, 2.45) is 5.92 Å². The Labute approximate surface area is 99.5 Å². The first-order chi connectivity index (χ1) is 8.26. The number of imidazole rings is 1. The molecule has 2 heterocycles. The molecular weight excluding hydrogens is 218 g/mol. The third kappa shape index (κ3) is 2.36. The summed E-state index contributed by atoms with van der Waals surface area (Å²) < 4.78 is 1.95. The van der Waals surface area contributed by atoms with E-state index in [-0.39, 0.29) is 6.61 Å². The minimum Gasteiger partial charge on any atom is -0.396 e. The average molecular weight is 235 g/mol. The van der Waals surface area contributed by atoms with Crippen LogP contribution >= 0.6 is 0 Å². The zero-order valence-corrected chi connectivity index (χ0v) is 9.87. The predicted octanol–water partition coefficient (Wildman–Crippen LogP) is 0.817. The third-order valence-electron chi connectivity index (χ3n) is 3.04. The number of nitrogen functional groups attached to an aromatic ring is 1. The molecule has 0 saturated carbocycles. The molecule has 3 N–H and O–H groups in total. The molecule has 0 aliphatic heterocycles. The molecule has 0 aromatic carbocycles. The maximum atomic E-state index is 9.14. The molecule has 2 rings (SSSR count). The summed E-state index contributed by atoms with van der Waals surface area (Å²) in [4.78, 5) is 12.3. The van der Waals surface area contributed by atoms with Crippen LogP contribution in [0.25, 0.3) is 11.2 Å². The van der Waals surface area contributed by atoms with Gasteiger partial charge in [0.2, 0.25) is 0 Å². The van der Waals surface area contributed by atoms with Crippen LogP contribution in [-0.4, -0.2) is 31.2 Å². The lowest BCUT2D eigenvalue weighted by molar-refractivity contribution is 0.210. The van der Waals surface area contributed by atoms with Crippen molar-refractivity contribution < 1.29 is 5.11 Å². The zero-order valence-electron chi connectivity index (χ0n) is 9.87. The average Bonchev–Trinajstić information content (AvgIpc) is 2.75. The van der Waals surface area contributed by atoms with Gasteiger partial charge in [0.1, 0.15) is 11.8 Å². The number of aryl methyl sites for hydroxylation is 1. The SMILES string of the molecule is CCC(CO)CCn1cnc2c(N)ncnc21. The summed E-state index contributed by atoms with van der Waals surface area (Å²) in [5, 5.41) is 9.14. The Morgan fingerprint density at radius 1 is 1.41 bits per heavy atom. The molecule has 0 spiro atoms. The molecule has 1 unspecified atom stereocenters. The normalized spacial score (nSPS) is 13.1. The standard InChI is InChI=1S/C11H17N5O/c1-2-8(5-17)3-4-16-7-15-9-10(12)13-6-14-11(9)16/h6-8,17H,2-5H2,1H3,(H2,12,13,14). The maximum Gasteiger partial charge on any atom is 0.165 e. The molecule has 0 aliphatic rings. The molecule has 0 fully saturated rings. The highest BCUT2D eigenvalue weighted by molar-refractivity contribution is 5.80. The van der Waals surface area contributed by atoms with Gasteiger partial charge in [-0.3, -0.25) is 0 Å². The Hall–Kier alpha value is -1.69. The molecule has 0 aliphatic carbocycles. The van der Waals surface area contributed by atoms with E-state index in [4.69, 9.17) is 10.8 Å². The first-order valence-electron chi connectivity index (χ1n) is 5.78. The van der Waals surface area contributed by atoms with E-state index < -0.39 is 0 Å². The monoisotopic (exact) mass is 235 g/mol. The molecule has 0 bridgehead atoms. The van der Waals surface area contributed by atoms with E-state index in [0.717, 1.165) is 25.0 Å². The van der Waals surface area contributed by atoms with E-state index in [1.165, 1.54) is 6.33 Å². The lowest BCUT2D eigenvalue weighted by atomic mass is 10.0. The molecule has 2 aromatic heterocycles. The Kier molecular flexibility index (Phi) is 3.53. The molecule has 0 saturated heterocycles. The molecule has 1 atom stereocenters. The van der Waals surface area contributed by atoms with Gasteiger partial charge in [-0.05, 0) is 12.3 Å². The number of rotatable bonds is 5. The fourth-order valence-corrected chi connectivity index (χ4v) is 1.81. The van der Waals surface area contributed by atoms with Crippen LogP contribution in [-0.2, 0) is 6.54 Å². The summed E-state index contributed by atoms with van der Waals surface area (Å²) in [5.41, 5.74) is 7.11. The number of hydrogen-bond acceptors (Lipinski definition) is 5. The van der Waals surface area contributed by atoms with Crippen LogP contribution in [0.3, 0.4) is 0 Å². The van der Waals surface area contributed by atoms with E-state index in [1.54, 1.807) is 6.33 Å². The first kappa shape index (κ1) is 11.8. The smallest absolute Gasteiger partial charge is 0.165 e. The zero-order chi connectivity index (χ0) is 12.3. The van der Waals surface area contributed by atoms with E-state index >= 15 is 0 Å². The molecule has 17 heavy (non-hydrogen) atoms. The topological polar surface area (TPSA) is 89.8 Å². The van der Waals surface area contributed by atoms with Crippen molar-refractivity contribution in [3.63, 3.8) is 0 Å². The second-order valence-corrected chi connectivity index (χ2v) is 4.11. The number of aliphatic hydroxyl groups is 1. The van der Waals surface area contributed by atoms with Crippen molar-refractivity contribution in [3.8, 4) is 0 Å². The molecule has 0 amide bonds. The van der Waals surface area contributed by atoms with Crippen LogP contribution in [0.4, 0.5) is 5.82 Å². The van der Waals surface area contributed by atoms with Crippen molar-refractivity contribution in [2.45, 2.75) is 26.3 Å². The Balaban J connectivity index is 2.17. The Bertz CT molecular complexity index is 492. The molecular formula is C11H17N5O. The largest absolute Gasteiger partial charge is 0.396 e. The third-order valence-corrected chi connectivity index (χ3v) is 3.04. The number of nitrogens with two attached hydrogens (primary N) is 1. The van der Waals surface area contributed by atoms with Gasteiger partial charge < -0.3 is 15.4 Å². The molecule has 92 valence electrons. The van der Waals surface area contributed by atoms with Crippen LogP contribution in [0.5, 0.6) is 0 Å². The van der Waals surface area contributed by atoms with Crippen molar-refractivity contribution >= 4 is 17.0 Å². The van der Waals surface area contributed by atoms with Gasteiger partial charge in [0.25, 0.3) is 0 Å². The van der Waals surface area contributed by atoms with Gasteiger partial charge in [-0.1, -0.05) is 13.3 Å². The number of aromatic nitrogens is 4. The summed E-state index contributed by atoms with van der Waals surface area (Å²) in [7, 11) is 0. The number of fused-ring (bicyclic) bond motifs is 1. The van der Waals surface area contributed by atoms with Crippen LogP contribution < -0.4 is 5.73 Å². The van der Waals surface area contributed by atoms with Gasteiger partial charge in [-0.2, -0.15) is 0 Å². The van der Waals surface area contributed by atoms with E-state index in [2.05, 4.69) is 21.9 Å². The highest BCUT2D eigenvalue weighted by Gasteiger charge is 2.09. The number of anilines is 1. The van der Waals surface area contributed by atoms with Gasteiger partial charge in [0.15, 0.2) is 11.5 Å². The summed E-state index contributed by atoms with van der Waals surface area (Å²) in [6.45, 7) is 3.08. The number of nitrogens with zero attached hydrogens (tertiary/aromatic N) is 4. The number of hydrogen-bond donors (Lipinski definition) is 2. The molecule has 6 heteroatoms. The molecule has 6 nitrogen and oxygen atoms in total. The van der Waals surface area contributed by atoms with Crippen molar-refractivity contribution in [1.82, 2.24) is 19.5 Å². The summed E-state index contributed by atoms with van der Waals surface area (Å²) >= 11 is 0. The Morgan fingerprint density at radius 2 is 2.24 bits per heavy atom. The van der Waals surface area contributed by atoms with E-state index in [9.17, 15) is 0 Å². The predicted molar refractivity (Wildman–Crippen MR) is 65.2 cm³/mol. The highest BCUT2D eigenvalue weighted by Crippen LogP contribution is 2.16. The van der Waals surface area contributed by atoms with Crippen LogP contribution in [0.15, 0.2) is 12.7 Å². The lowest BCUT2D eigenvalue weighted by Gasteiger charge is -2.11. The second-order valence-electron chi connectivity index (χ2n) is 4.11. The van der Waals surface area contributed by atoms with Gasteiger partial charge in [0, 0.05) is 13.2 Å². The fourth-order valence-electron chi connectivity index (χ4n) is 1.81. The minimum atomic E-state index is 0.222. The van der Waals surface area contributed by atoms with E-state index in [0.29, 0.717) is 17.3 Å². The van der Waals surface area contributed by atoms with Crippen molar-refractivity contribution in [3.05, 3.63) is 12.7 Å². The van der Waals surface area contributed by atoms with Crippen LogP contribution in [0, 0.1) is 5.92 Å². The van der Waals surface area contributed by atoms with Gasteiger partial charge in [-0.25, -0.2) is 15.0 Å². The van der Waals surface area contributed by atoms with Crippen molar-refractivity contribution in [2.75, 3.05) is 12.3 Å². The minimum absolute atomic E-state index is 0.222. The van der Waals surface area contributed by atoms with Crippen LogP contribution in [0.1, 0.15) is 19.8 Å². The Morgan fingerprint density at radius 3 is 2.94 bits per heavy atom. The summed E-state index contributed by atoms with van der Waals surface area (Å²) in [5.74, 6) is 0.731. The van der Waals surface area contributed by atoms with E-state index in [1.807, 2.05) is 4.57 Å². The molecule has 0 radical (unpaired) electrons. The second kappa shape index (κ2) is 5.09. The highest BCUT2D eigenvalue weighted by atomic mass is 16.3. The first-order valence-corrected chi connectivity index (χ1v) is 5.78. The maximum absolute atomic E-state index is 9.14. The molecule has 2 aromatic rings. The van der Waals surface area contributed by atoms with Crippen molar-refractivity contribution in [1.29, 1.82) is 0 Å². The summed E-state index contributed by atoms with van der Waals surface area (Å²) in [6, 6.07) is 0. The van der Waals surface area contributed by atoms with Gasteiger partial charge >= 0.3 is 0 Å². The lowest BCUT2D eigenvalue weighted by Crippen LogP contribution is -2.09. The van der Waals surface area contributed by atoms with Gasteiger partial charge in [0.05, 0.1) is 6.33 Å². The van der Waals surface area contributed by atoms with Gasteiger partial charge in [-0.15, -0.1) is 0 Å².